The number of rotatable bonds is 20. The van der Waals surface area contributed by atoms with Gasteiger partial charge in [0, 0.05) is 128 Å². The first-order valence-corrected chi connectivity index (χ1v) is 40.0. The van der Waals surface area contributed by atoms with E-state index in [1.807, 2.05) is 7.05 Å². The summed E-state index contributed by atoms with van der Waals surface area (Å²) in [5.74, 6) is -7.52. The molecule has 0 aliphatic carbocycles. The van der Waals surface area contributed by atoms with E-state index in [0.29, 0.717) is 0 Å². The van der Waals surface area contributed by atoms with Crippen LogP contribution in [0.3, 0.4) is 0 Å². The standard InChI is InChI=1S/C100H76N12O16/c1-105-45-29-61(30-46-105)93(113)121-77-13-9-14-78(122-94(114)62-31-47-106(2)48-32-62)89(77)85-69-21-23-71(101-69)86(90-79(123-95(115)63-33-49-107(3)50-34-63)15-10-16-80(90)124-96(116)64-35-51-108(4)52-36-64)73-25-27-75(103-73)88(92-83(127-99(119)67-41-57-111(7)58-42-67)19-12-20-84(92)128-100(120)68-43-59-112(8)60-44-68)76-28-26-74(104-76)87(72-24-22-70(85)102-72)91-81(125-97(117)65-37-53-109(5)54-38-65)17-11-18-82(91)126-98(118)66-39-55-110(6)56-40-66/h9-60H,1-8H3/q+6/p+2. The highest BCUT2D eigenvalue weighted by molar-refractivity contribution is 6.40. The van der Waals surface area contributed by atoms with Crippen LogP contribution in [0.1, 0.15) is 94.8 Å². The van der Waals surface area contributed by atoms with E-state index < -0.39 is 47.7 Å². The normalized spacial score (nSPS) is 14.0. The molecule has 0 radical (unpaired) electrons. The molecular weight excluding hydrogens is 1630 g/mol. The van der Waals surface area contributed by atoms with Crippen LogP contribution in [0.25, 0.3) is 22.3 Å². The van der Waals surface area contributed by atoms with E-state index in [0.717, 1.165) is 0 Å². The van der Waals surface area contributed by atoms with E-state index in [9.17, 15) is 5.11 Å². The molecule has 0 saturated heterocycles. The fourth-order valence-electron chi connectivity index (χ4n) is 14.3. The molecule has 11 aromatic rings. The molecule has 28 heteroatoms. The number of aliphatic hydroxyl groups excluding tert-OH is 1. The maximum Gasteiger partial charge on any atom is 0.344 e. The average Bonchev–Trinajstić information content (AvgIpc) is 1.58. The van der Waals surface area contributed by atoms with Crippen LogP contribution in [0.2, 0.25) is 0 Å². The van der Waals surface area contributed by atoms with Gasteiger partial charge in [-0.3, -0.25) is 0 Å². The lowest BCUT2D eigenvalue weighted by Gasteiger charge is -2.20. The molecule has 0 fully saturated rings. The van der Waals surface area contributed by atoms with Gasteiger partial charge in [-0.15, -0.1) is 0 Å². The van der Waals surface area contributed by atoms with Crippen molar-refractivity contribution < 1.29 is 114 Å². The van der Waals surface area contributed by atoms with Crippen LogP contribution in [0, 0.1) is 0 Å². The van der Waals surface area contributed by atoms with Gasteiger partial charge >= 0.3 is 41.8 Å². The highest BCUT2D eigenvalue weighted by atomic mass is 16.6. The lowest BCUT2D eigenvalue weighted by atomic mass is 9.96. The predicted molar refractivity (Wildman–Crippen MR) is 463 cm³/mol. The number of esters is 7. The van der Waals surface area contributed by atoms with Crippen LogP contribution in [-0.4, -0.2) is 81.7 Å². The Morgan fingerprint density at radius 1 is 0.281 bits per heavy atom. The summed E-state index contributed by atoms with van der Waals surface area (Å²) in [6.07, 6.45) is 43.3. The molecule has 17 rings (SSSR count). The lowest BCUT2D eigenvalue weighted by molar-refractivity contribution is -0.671. The van der Waals surface area contributed by atoms with Crippen LogP contribution in [0.4, 0.5) is 0 Å². The van der Waals surface area contributed by atoms with Gasteiger partial charge in [0.2, 0.25) is 11.4 Å². The largest absolute Gasteiger partial charge is 0.480 e. The zero-order valence-electron chi connectivity index (χ0n) is 70.0. The Bertz CT molecular complexity index is 6620. The summed E-state index contributed by atoms with van der Waals surface area (Å²) in [5.41, 5.74) is 1.93. The second-order valence-corrected chi connectivity index (χ2v) is 30.1. The maximum atomic E-state index is 15.0. The van der Waals surface area contributed by atoms with Gasteiger partial charge in [-0.1, -0.05) is 24.3 Å². The summed E-state index contributed by atoms with van der Waals surface area (Å²) in [6.45, 7) is 0. The van der Waals surface area contributed by atoms with E-state index in [1.165, 1.54) is 42.5 Å². The zero-order chi connectivity index (χ0) is 89.0. The molecule has 13 heterocycles. The van der Waals surface area contributed by atoms with Gasteiger partial charge < -0.3 is 47.9 Å². The number of carbonyl (C=O) groups excluding carboxylic acids is 7. The third-order valence-corrected chi connectivity index (χ3v) is 21.0. The molecule has 0 unspecified atom stereocenters. The predicted octanol–water partition coefficient (Wildman–Crippen LogP) is 9.20. The van der Waals surface area contributed by atoms with Crippen molar-refractivity contribution in [2.45, 2.75) is 0 Å². The second kappa shape index (κ2) is 35.5. The molecule has 0 amide bonds. The minimum absolute atomic E-state index is 0.0182. The van der Waals surface area contributed by atoms with Crippen LogP contribution in [-0.2, 0) is 49.3 Å². The summed E-state index contributed by atoms with van der Waals surface area (Å²) in [7, 11) is 14.3. The summed E-state index contributed by atoms with van der Waals surface area (Å²) >= 11 is 0. The molecule has 6 aliphatic rings. The highest BCUT2D eigenvalue weighted by Crippen LogP contribution is 2.49. The Hall–Kier alpha value is -17.6. The van der Waals surface area contributed by atoms with E-state index in [2.05, 4.69) is 4.99 Å². The number of fused-ring (bicyclic) bond motifs is 4. The number of aliphatic hydroxyl groups is 1. The van der Waals surface area contributed by atoms with Crippen molar-refractivity contribution in [3.05, 3.63) is 413 Å². The molecule has 28 nitrogen and oxygen atoms in total. The molecule has 0 atom stereocenters. The third kappa shape index (κ3) is 17.6. The number of hydrogen-bond acceptors (Lipinski definition) is 20. The fourth-order valence-corrected chi connectivity index (χ4v) is 14.3. The number of benzene rings is 4. The molecule has 128 heavy (non-hydrogen) atoms. The molecule has 2 N–H and O–H groups in total. The van der Waals surface area contributed by atoms with Crippen LogP contribution in [0.15, 0.2) is 367 Å². The van der Waals surface area contributed by atoms with Gasteiger partial charge in [-0.25, -0.2) is 85.5 Å². The monoisotopic (exact) mass is 1700 g/mol. The van der Waals surface area contributed by atoms with Crippen LogP contribution < -0.4 is 74.9 Å². The molecule has 626 valence electrons. The van der Waals surface area contributed by atoms with Gasteiger partial charge in [0.15, 0.2) is 86.8 Å². The number of aryl methyl sites for hydroxylation is 7. The van der Waals surface area contributed by atoms with Crippen molar-refractivity contribution in [1.82, 2.24) is 4.90 Å². The van der Waals surface area contributed by atoms with Crippen LogP contribution >= 0.6 is 0 Å². The van der Waals surface area contributed by atoms with Crippen molar-refractivity contribution in [1.29, 1.82) is 0 Å². The first-order chi connectivity index (χ1) is 62.0. The Balaban J connectivity index is 1.00. The quantitative estimate of drug-likeness (QED) is 0.0311. The number of carbonyl (C=O) groups is 7. The Morgan fingerprint density at radius 3 is 0.773 bits per heavy atom. The van der Waals surface area contributed by atoms with Gasteiger partial charge in [0.05, 0.1) is 112 Å². The molecule has 0 spiro atoms. The minimum Gasteiger partial charge on any atom is -0.480 e. The number of hydrogen-bond donors (Lipinski definition) is 2. The minimum atomic E-state index is -0.827. The molecule has 0 saturated carbocycles. The maximum absolute atomic E-state index is 15.0. The number of allylic oxidation sites excluding steroid dienone is 15. The van der Waals surface area contributed by atoms with E-state index in [1.54, 1.807) is 361 Å². The summed E-state index contributed by atoms with van der Waals surface area (Å²) < 4.78 is 64.9. The summed E-state index contributed by atoms with van der Waals surface area (Å²) in [6, 6.07) is 40.5. The first kappa shape index (κ1) is 82.7. The van der Waals surface area contributed by atoms with Crippen molar-refractivity contribution >= 4 is 86.9 Å². The number of aromatic nitrogens is 7. The van der Waals surface area contributed by atoms with Gasteiger partial charge in [-0.2, -0.15) is 0 Å². The van der Waals surface area contributed by atoms with Gasteiger partial charge in [-0.05, 0) is 97.1 Å². The lowest BCUT2D eigenvalue weighted by Crippen LogP contribution is -2.68. The van der Waals surface area contributed by atoms with E-state index >= 15 is 33.6 Å². The number of aliphatic imine (C=N–C) groups is 3. The SMILES string of the molecule is CN1C=CC(=C(O)Oc2cccc(OC(=O)c3cc[n+](C)cc3)c2C2=C3C=CC(=N3)C(c3c(OC(=O)c4cc[n+](C)cc4)cccc3OC(=O)c3cc[n+](C)cc3)=C3C=CC(=N3)C(c3c(OC(=O)c4cc[n+](C)cc4)cccc3OC(=O)c3cc[n+](C)cc3)=C3C=CC(=[NH+]3)C(c3c(OC(=O)c4cc[n+](C)cc4)cccc3OC(=O)c3cc[n+](C)cc3)=C3C=CC2=N3)C=C1. The van der Waals surface area contributed by atoms with E-state index in [4.69, 9.17) is 52.9 Å². The number of pyridine rings is 7. The molecule has 7 aromatic heterocycles. The molecular formula is C100H78N12O16+8. The second-order valence-electron chi connectivity index (χ2n) is 30.1. The smallest absolute Gasteiger partial charge is 0.344 e. The van der Waals surface area contributed by atoms with Crippen molar-refractivity contribution in [3.8, 4) is 46.0 Å². The van der Waals surface area contributed by atoms with Crippen molar-refractivity contribution in [3.63, 3.8) is 0 Å². The van der Waals surface area contributed by atoms with Gasteiger partial charge in [0.1, 0.15) is 95.3 Å². The summed E-state index contributed by atoms with van der Waals surface area (Å²) in [5, 5.41) is 12.4. The number of nitrogens with zero attached hydrogens (tertiary/aromatic N) is 11. The third-order valence-electron chi connectivity index (χ3n) is 21.0. The zero-order valence-corrected chi connectivity index (χ0v) is 70.0. The summed E-state index contributed by atoms with van der Waals surface area (Å²) in [4.78, 5) is 127. The van der Waals surface area contributed by atoms with Crippen LogP contribution in [0.5, 0.6) is 46.0 Å². The van der Waals surface area contributed by atoms with E-state index in [-0.39, 0.29) is 181 Å². The molecule has 8 bridgehead atoms. The van der Waals surface area contributed by atoms with Crippen molar-refractivity contribution in [2.75, 3.05) is 7.05 Å². The van der Waals surface area contributed by atoms with Gasteiger partial charge in [0.25, 0.3) is 5.95 Å². The molecule has 4 aromatic carbocycles. The molecule has 6 aliphatic heterocycles. The fraction of sp³-hybridized carbons (Fsp3) is 0.0800. The topological polar surface area (TPSA) is 295 Å². The Morgan fingerprint density at radius 2 is 0.508 bits per heavy atom. The highest BCUT2D eigenvalue weighted by Gasteiger charge is 2.39. The van der Waals surface area contributed by atoms with Crippen molar-refractivity contribution in [2.24, 2.45) is 64.3 Å². The number of ether oxygens (including phenoxy) is 8. The Kier molecular flexibility index (Phi) is 22.9. The first-order valence-electron chi connectivity index (χ1n) is 40.0. The number of nitrogens with one attached hydrogen (secondary N) is 1. The Labute approximate surface area is 732 Å². The average molecular weight is 1700 g/mol.